The fourth-order valence-electron chi connectivity index (χ4n) is 1.92. The number of carbonyl (C=O) groups is 1. The molecule has 0 saturated carbocycles. The molecule has 0 aliphatic rings. The number of aliphatic hydroxyl groups excluding tert-OH is 1. The number of nitrogen functional groups attached to an aromatic ring is 1. The zero-order chi connectivity index (χ0) is 15.1. The average molecular weight is 300 g/mol. The van der Waals surface area contributed by atoms with Gasteiger partial charge in [0, 0.05) is 26.7 Å². The number of anilines is 2. The Morgan fingerprint density at radius 2 is 1.95 bits per heavy atom. The molecule has 0 aliphatic carbocycles. The molecule has 0 radical (unpaired) electrons. The first kappa shape index (κ1) is 16.7. The molecule has 3 N–H and O–H groups in total. The van der Waals surface area contributed by atoms with Crippen molar-refractivity contribution in [2.75, 3.05) is 43.9 Å². The standard InChI is InChI=1S/C13H24N4O2S/c1-4-6-16(3)13-15-11(14)10(20-13)12(19)17(7-5-2)8-9-18/h18H,4-9,14H2,1-3H3. The largest absolute Gasteiger partial charge is 0.395 e. The van der Waals surface area contributed by atoms with Gasteiger partial charge in [-0.25, -0.2) is 4.98 Å². The van der Waals surface area contributed by atoms with Crippen molar-refractivity contribution in [3.8, 4) is 0 Å². The van der Waals surface area contributed by atoms with E-state index in [2.05, 4.69) is 11.9 Å². The molecule has 0 saturated heterocycles. The first-order valence-electron chi connectivity index (χ1n) is 6.92. The first-order chi connectivity index (χ1) is 9.54. The Labute approximate surface area is 124 Å². The summed E-state index contributed by atoms with van der Waals surface area (Å²) >= 11 is 1.31. The lowest BCUT2D eigenvalue weighted by Crippen LogP contribution is -2.34. The minimum atomic E-state index is -0.146. The Balaban J connectivity index is 2.91. The number of rotatable bonds is 8. The smallest absolute Gasteiger partial charge is 0.267 e. The Morgan fingerprint density at radius 3 is 2.50 bits per heavy atom. The van der Waals surface area contributed by atoms with Crippen molar-refractivity contribution in [2.45, 2.75) is 26.7 Å². The lowest BCUT2D eigenvalue weighted by Gasteiger charge is -2.20. The van der Waals surface area contributed by atoms with Crippen molar-refractivity contribution in [3.05, 3.63) is 4.88 Å². The van der Waals surface area contributed by atoms with E-state index in [-0.39, 0.29) is 18.3 Å². The molecule has 0 atom stereocenters. The van der Waals surface area contributed by atoms with Gasteiger partial charge in [0.1, 0.15) is 10.7 Å². The van der Waals surface area contributed by atoms with Crippen LogP contribution < -0.4 is 10.6 Å². The summed E-state index contributed by atoms with van der Waals surface area (Å²) in [6, 6.07) is 0. The third-order valence-electron chi connectivity index (χ3n) is 2.87. The van der Waals surface area contributed by atoms with Crippen molar-refractivity contribution in [2.24, 2.45) is 0 Å². The van der Waals surface area contributed by atoms with Crippen LogP contribution in [0.1, 0.15) is 36.4 Å². The van der Waals surface area contributed by atoms with Crippen LogP contribution in [-0.2, 0) is 0 Å². The zero-order valence-corrected chi connectivity index (χ0v) is 13.2. The maximum atomic E-state index is 12.4. The van der Waals surface area contributed by atoms with Crippen LogP contribution in [-0.4, -0.2) is 54.2 Å². The Hall–Kier alpha value is -1.34. The summed E-state index contributed by atoms with van der Waals surface area (Å²) in [5, 5.41) is 9.80. The summed E-state index contributed by atoms with van der Waals surface area (Å²) < 4.78 is 0. The molecular formula is C13H24N4O2S. The van der Waals surface area contributed by atoms with E-state index in [9.17, 15) is 4.79 Å². The topological polar surface area (TPSA) is 82.7 Å². The van der Waals surface area contributed by atoms with E-state index in [1.807, 2.05) is 18.9 Å². The first-order valence-corrected chi connectivity index (χ1v) is 7.74. The summed E-state index contributed by atoms with van der Waals surface area (Å²) in [5.74, 6) is 0.129. The van der Waals surface area contributed by atoms with E-state index >= 15 is 0 Å². The molecule has 0 bridgehead atoms. The normalized spacial score (nSPS) is 10.6. The molecule has 1 amide bonds. The van der Waals surface area contributed by atoms with Gasteiger partial charge in [-0.05, 0) is 12.8 Å². The number of hydrogen-bond donors (Lipinski definition) is 2. The minimum Gasteiger partial charge on any atom is -0.395 e. The van der Waals surface area contributed by atoms with Crippen molar-refractivity contribution < 1.29 is 9.90 Å². The maximum Gasteiger partial charge on any atom is 0.267 e. The van der Waals surface area contributed by atoms with Crippen LogP contribution in [0, 0.1) is 0 Å². The number of aliphatic hydroxyl groups is 1. The second-order valence-electron chi connectivity index (χ2n) is 4.65. The summed E-state index contributed by atoms with van der Waals surface area (Å²) in [7, 11) is 1.94. The van der Waals surface area contributed by atoms with Crippen molar-refractivity contribution in [1.82, 2.24) is 9.88 Å². The molecule has 0 spiro atoms. The molecule has 20 heavy (non-hydrogen) atoms. The van der Waals surface area contributed by atoms with Crippen LogP contribution in [0.15, 0.2) is 0 Å². The van der Waals surface area contributed by atoms with E-state index in [1.165, 1.54) is 11.3 Å². The number of carbonyl (C=O) groups excluding carboxylic acids is 1. The number of nitrogens with zero attached hydrogens (tertiary/aromatic N) is 3. The molecule has 1 rings (SSSR count). The van der Waals surface area contributed by atoms with Crippen LogP contribution in [0.25, 0.3) is 0 Å². The molecule has 0 fully saturated rings. The molecule has 0 aliphatic heterocycles. The number of nitrogens with two attached hydrogens (primary N) is 1. The Kier molecular flexibility index (Phi) is 6.74. The zero-order valence-electron chi connectivity index (χ0n) is 12.4. The molecule has 0 aromatic carbocycles. The van der Waals surface area contributed by atoms with E-state index in [0.29, 0.717) is 18.0 Å². The van der Waals surface area contributed by atoms with Crippen LogP contribution in [0.5, 0.6) is 0 Å². The molecule has 0 unspecified atom stereocenters. The van der Waals surface area contributed by atoms with E-state index in [4.69, 9.17) is 10.8 Å². The lowest BCUT2D eigenvalue weighted by atomic mass is 10.3. The van der Waals surface area contributed by atoms with E-state index in [0.717, 1.165) is 24.5 Å². The van der Waals surface area contributed by atoms with Crippen molar-refractivity contribution in [1.29, 1.82) is 0 Å². The highest BCUT2D eigenvalue weighted by atomic mass is 32.1. The van der Waals surface area contributed by atoms with Crippen LogP contribution in [0.4, 0.5) is 10.9 Å². The van der Waals surface area contributed by atoms with Crippen LogP contribution in [0.3, 0.4) is 0 Å². The molecule has 1 aromatic heterocycles. The average Bonchev–Trinajstić information content (AvgIpc) is 2.80. The fraction of sp³-hybridized carbons (Fsp3) is 0.692. The van der Waals surface area contributed by atoms with E-state index in [1.54, 1.807) is 4.90 Å². The van der Waals surface area contributed by atoms with Gasteiger partial charge in [0.2, 0.25) is 0 Å². The third-order valence-corrected chi connectivity index (χ3v) is 4.05. The highest BCUT2D eigenvalue weighted by molar-refractivity contribution is 7.18. The summed E-state index contributed by atoms with van der Waals surface area (Å²) in [4.78, 5) is 20.8. The quantitative estimate of drug-likeness (QED) is 0.758. The number of thiazole rings is 1. The van der Waals surface area contributed by atoms with E-state index < -0.39 is 0 Å². The highest BCUT2D eigenvalue weighted by Gasteiger charge is 2.22. The summed E-state index contributed by atoms with van der Waals surface area (Å²) in [6.45, 7) is 5.84. The molecule has 1 aromatic rings. The molecule has 6 nitrogen and oxygen atoms in total. The van der Waals surface area contributed by atoms with Crippen LogP contribution in [0.2, 0.25) is 0 Å². The van der Waals surface area contributed by atoms with Gasteiger partial charge in [-0.1, -0.05) is 25.2 Å². The summed E-state index contributed by atoms with van der Waals surface area (Å²) in [5.41, 5.74) is 5.87. The number of amides is 1. The Bertz CT molecular complexity index is 430. The van der Waals surface area contributed by atoms with Gasteiger partial charge >= 0.3 is 0 Å². The third kappa shape index (κ3) is 4.08. The molecule has 114 valence electrons. The fourth-order valence-corrected chi connectivity index (χ4v) is 2.86. The van der Waals surface area contributed by atoms with Crippen molar-refractivity contribution in [3.63, 3.8) is 0 Å². The van der Waals surface area contributed by atoms with Gasteiger partial charge < -0.3 is 20.6 Å². The van der Waals surface area contributed by atoms with Gasteiger partial charge in [0.05, 0.1) is 6.61 Å². The molecule has 7 heteroatoms. The van der Waals surface area contributed by atoms with Gasteiger partial charge in [0.15, 0.2) is 5.13 Å². The van der Waals surface area contributed by atoms with Gasteiger partial charge in [-0.3, -0.25) is 4.79 Å². The SMILES string of the molecule is CCCN(CCO)C(=O)c1sc(N(C)CCC)nc1N. The second-order valence-corrected chi connectivity index (χ2v) is 5.63. The molecular weight excluding hydrogens is 276 g/mol. The lowest BCUT2D eigenvalue weighted by molar-refractivity contribution is 0.0727. The monoisotopic (exact) mass is 300 g/mol. The minimum absolute atomic E-state index is 0.0486. The second kappa shape index (κ2) is 8.06. The van der Waals surface area contributed by atoms with Crippen molar-refractivity contribution >= 4 is 28.2 Å². The predicted molar refractivity (Wildman–Crippen MR) is 83.4 cm³/mol. The maximum absolute atomic E-state index is 12.4. The highest BCUT2D eigenvalue weighted by Crippen LogP contribution is 2.28. The van der Waals surface area contributed by atoms with Gasteiger partial charge in [-0.2, -0.15) is 0 Å². The number of hydrogen-bond acceptors (Lipinski definition) is 6. The Morgan fingerprint density at radius 1 is 1.30 bits per heavy atom. The van der Waals surface area contributed by atoms with Gasteiger partial charge in [0.25, 0.3) is 5.91 Å². The predicted octanol–water partition coefficient (Wildman–Crippen LogP) is 1.42. The molecule has 1 heterocycles. The summed E-state index contributed by atoms with van der Waals surface area (Å²) in [6.07, 6.45) is 1.85. The van der Waals surface area contributed by atoms with Gasteiger partial charge in [-0.15, -0.1) is 0 Å². The van der Waals surface area contributed by atoms with Crippen LogP contribution >= 0.6 is 11.3 Å². The number of aromatic nitrogens is 1.